The van der Waals surface area contributed by atoms with Crippen LogP contribution in [0.2, 0.25) is 0 Å². The van der Waals surface area contributed by atoms with Gasteiger partial charge in [-0.2, -0.15) is 0 Å². The molecule has 0 aromatic heterocycles. The van der Waals surface area contributed by atoms with E-state index in [-0.39, 0.29) is 36.8 Å². The molecule has 1 atom stereocenters. The van der Waals surface area contributed by atoms with Gasteiger partial charge in [0.2, 0.25) is 5.91 Å². The van der Waals surface area contributed by atoms with Gasteiger partial charge in [-0.15, -0.1) is 24.8 Å². The molecule has 0 aromatic carbocycles. The van der Waals surface area contributed by atoms with E-state index in [9.17, 15) is 4.79 Å². The van der Waals surface area contributed by atoms with Gasteiger partial charge in [-0.05, 0) is 39.8 Å². The Morgan fingerprint density at radius 3 is 2.18 bits per heavy atom. The van der Waals surface area contributed by atoms with Gasteiger partial charge in [-0.3, -0.25) is 4.79 Å². The molecular formula is C11H25Cl2N3O. The zero-order chi connectivity index (χ0) is 11.4. The smallest absolute Gasteiger partial charge is 0.239 e. The molecule has 0 spiro atoms. The van der Waals surface area contributed by atoms with Crippen molar-refractivity contribution in [3.63, 3.8) is 0 Å². The summed E-state index contributed by atoms with van der Waals surface area (Å²) in [6.07, 6.45) is 2.22. The Balaban J connectivity index is 0. The number of likely N-dealkylation sites (tertiary alicyclic amines) is 1. The van der Waals surface area contributed by atoms with Crippen molar-refractivity contribution in [3.8, 4) is 0 Å². The van der Waals surface area contributed by atoms with Gasteiger partial charge in [0, 0.05) is 19.6 Å². The van der Waals surface area contributed by atoms with Crippen LogP contribution in [-0.4, -0.2) is 55.5 Å². The Labute approximate surface area is 117 Å². The third kappa shape index (κ3) is 6.46. The van der Waals surface area contributed by atoms with Gasteiger partial charge in [0.1, 0.15) is 0 Å². The third-order valence-electron chi connectivity index (χ3n) is 2.94. The highest BCUT2D eigenvalue weighted by Gasteiger charge is 2.24. The number of halogens is 2. The topological polar surface area (TPSA) is 49.6 Å². The van der Waals surface area contributed by atoms with Crippen LogP contribution in [-0.2, 0) is 4.79 Å². The molecule has 6 heteroatoms. The predicted octanol–water partition coefficient (Wildman–Crippen LogP) is 0.977. The summed E-state index contributed by atoms with van der Waals surface area (Å²) in [7, 11) is 4.19. The predicted molar refractivity (Wildman–Crippen MR) is 76.0 cm³/mol. The largest absolute Gasteiger partial charge is 0.341 e. The number of nitrogens with zero attached hydrogens (tertiary/aromatic N) is 2. The molecule has 0 aliphatic carbocycles. The van der Waals surface area contributed by atoms with Crippen LogP contribution in [0.3, 0.4) is 0 Å². The Morgan fingerprint density at radius 1 is 1.35 bits per heavy atom. The summed E-state index contributed by atoms with van der Waals surface area (Å²) in [6, 6.07) is -0.351. The second kappa shape index (κ2) is 8.97. The average molecular weight is 286 g/mol. The summed E-state index contributed by atoms with van der Waals surface area (Å²) in [5.41, 5.74) is 5.58. The number of carbonyl (C=O) groups excluding carboxylic acids is 1. The molecule has 0 saturated carbocycles. The van der Waals surface area contributed by atoms with Crippen LogP contribution in [0.25, 0.3) is 0 Å². The average Bonchev–Trinajstić information content (AvgIpc) is 2.17. The molecule has 0 unspecified atom stereocenters. The number of amides is 1. The number of hydrogen-bond acceptors (Lipinski definition) is 3. The molecule has 0 aromatic rings. The van der Waals surface area contributed by atoms with Crippen LogP contribution >= 0.6 is 24.8 Å². The number of carbonyl (C=O) groups is 1. The first kappa shape index (κ1) is 19.3. The van der Waals surface area contributed by atoms with Crippen molar-refractivity contribution in [3.05, 3.63) is 0 Å². The maximum atomic E-state index is 11.6. The molecule has 4 nitrogen and oxygen atoms in total. The van der Waals surface area contributed by atoms with Crippen molar-refractivity contribution < 1.29 is 4.79 Å². The van der Waals surface area contributed by atoms with Gasteiger partial charge in [-0.1, -0.05) is 0 Å². The lowest BCUT2D eigenvalue weighted by atomic mass is 9.96. The molecule has 1 rings (SSSR count). The normalized spacial score (nSPS) is 18.3. The molecule has 1 fully saturated rings. The highest BCUT2D eigenvalue weighted by atomic mass is 35.5. The molecule has 1 aliphatic heterocycles. The van der Waals surface area contributed by atoms with Gasteiger partial charge < -0.3 is 15.5 Å². The summed E-state index contributed by atoms with van der Waals surface area (Å²) in [4.78, 5) is 15.7. The molecule has 1 heterocycles. The first-order valence-electron chi connectivity index (χ1n) is 5.69. The van der Waals surface area contributed by atoms with E-state index in [1.165, 1.54) is 0 Å². The summed E-state index contributed by atoms with van der Waals surface area (Å²) in [5, 5.41) is 0. The molecule has 104 valence electrons. The Bertz CT molecular complexity index is 217. The van der Waals surface area contributed by atoms with Crippen LogP contribution in [0.4, 0.5) is 0 Å². The minimum atomic E-state index is -0.351. The summed E-state index contributed by atoms with van der Waals surface area (Å²) < 4.78 is 0. The minimum Gasteiger partial charge on any atom is -0.341 e. The van der Waals surface area contributed by atoms with E-state index in [1.54, 1.807) is 6.92 Å². The van der Waals surface area contributed by atoms with Crippen molar-refractivity contribution in [2.45, 2.75) is 25.8 Å². The molecule has 0 radical (unpaired) electrons. The van der Waals surface area contributed by atoms with Crippen molar-refractivity contribution in [2.75, 3.05) is 33.7 Å². The van der Waals surface area contributed by atoms with Crippen molar-refractivity contribution in [1.29, 1.82) is 0 Å². The standard InChI is InChI=1S/C11H23N3O.2ClH/c1-9(12)11(15)14-6-4-10(5-7-14)8-13(2)3;;/h9-10H,4-8,12H2,1-3H3;2*1H/t9-;;/m1../s1. The van der Waals surface area contributed by atoms with Gasteiger partial charge >= 0.3 is 0 Å². The molecule has 1 aliphatic rings. The molecule has 1 saturated heterocycles. The highest BCUT2D eigenvalue weighted by molar-refractivity contribution is 5.85. The lowest BCUT2D eigenvalue weighted by Gasteiger charge is -2.34. The fourth-order valence-corrected chi connectivity index (χ4v) is 2.14. The fourth-order valence-electron chi connectivity index (χ4n) is 2.14. The molecule has 17 heavy (non-hydrogen) atoms. The van der Waals surface area contributed by atoms with E-state index in [2.05, 4.69) is 19.0 Å². The zero-order valence-electron chi connectivity index (χ0n) is 10.9. The number of hydrogen-bond donors (Lipinski definition) is 1. The molecule has 0 bridgehead atoms. The fraction of sp³-hybridized carbons (Fsp3) is 0.909. The second-order valence-corrected chi connectivity index (χ2v) is 4.82. The number of rotatable bonds is 3. The molecule has 2 N–H and O–H groups in total. The number of piperidine rings is 1. The molecule has 1 amide bonds. The van der Waals surface area contributed by atoms with Crippen molar-refractivity contribution >= 4 is 30.7 Å². The Hall–Kier alpha value is -0.0300. The maximum Gasteiger partial charge on any atom is 0.239 e. The Kier molecular flexibility index (Phi) is 10.2. The summed E-state index contributed by atoms with van der Waals surface area (Å²) in [6.45, 7) is 4.63. The van der Waals surface area contributed by atoms with Gasteiger partial charge in [0.15, 0.2) is 0 Å². The van der Waals surface area contributed by atoms with E-state index in [4.69, 9.17) is 5.73 Å². The SMILES string of the molecule is C[C@@H](N)C(=O)N1CCC(CN(C)C)CC1.Cl.Cl. The Morgan fingerprint density at radius 2 is 1.82 bits per heavy atom. The lowest BCUT2D eigenvalue weighted by Crippen LogP contribution is -2.46. The number of nitrogens with two attached hydrogens (primary N) is 1. The second-order valence-electron chi connectivity index (χ2n) is 4.82. The van der Waals surface area contributed by atoms with Crippen LogP contribution in [0.15, 0.2) is 0 Å². The summed E-state index contributed by atoms with van der Waals surface area (Å²) in [5.74, 6) is 0.829. The van der Waals surface area contributed by atoms with Gasteiger partial charge in [-0.25, -0.2) is 0 Å². The van der Waals surface area contributed by atoms with E-state index in [0.717, 1.165) is 38.4 Å². The van der Waals surface area contributed by atoms with E-state index in [1.807, 2.05) is 4.90 Å². The van der Waals surface area contributed by atoms with Crippen molar-refractivity contribution in [2.24, 2.45) is 11.7 Å². The van der Waals surface area contributed by atoms with Crippen molar-refractivity contribution in [1.82, 2.24) is 9.80 Å². The van der Waals surface area contributed by atoms with E-state index >= 15 is 0 Å². The third-order valence-corrected chi connectivity index (χ3v) is 2.94. The summed E-state index contributed by atoms with van der Waals surface area (Å²) >= 11 is 0. The van der Waals surface area contributed by atoms with E-state index in [0.29, 0.717) is 0 Å². The molecular weight excluding hydrogens is 261 g/mol. The quantitative estimate of drug-likeness (QED) is 0.841. The van der Waals surface area contributed by atoms with E-state index < -0.39 is 0 Å². The highest BCUT2D eigenvalue weighted by Crippen LogP contribution is 2.17. The lowest BCUT2D eigenvalue weighted by molar-refractivity contribution is -0.133. The van der Waals surface area contributed by atoms with Gasteiger partial charge in [0.05, 0.1) is 6.04 Å². The minimum absolute atomic E-state index is 0. The monoisotopic (exact) mass is 285 g/mol. The van der Waals surface area contributed by atoms with Crippen LogP contribution in [0.5, 0.6) is 0 Å². The maximum absolute atomic E-state index is 11.6. The zero-order valence-corrected chi connectivity index (χ0v) is 12.5. The van der Waals surface area contributed by atoms with Gasteiger partial charge in [0.25, 0.3) is 0 Å². The van der Waals surface area contributed by atoms with Crippen LogP contribution in [0, 0.1) is 5.92 Å². The first-order chi connectivity index (χ1) is 7.00. The van der Waals surface area contributed by atoms with Crippen LogP contribution in [0.1, 0.15) is 19.8 Å². The first-order valence-corrected chi connectivity index (χ1v) is 5.69. The van der Waals surface area contributed by atoms with Crippen LogP contribution < -0.4 is 5.73 Å².